The Hall–Kier alpha value is -2.89. The van der Waals surface area contributed by atoms with Gasteiger partial charge in [0.15, 0.2) is 0 Å². The van der Waals surface area contributed by atoms with E-state index in [1.54, 1.807) is 17.0 Å². The Morgan fingerprint density at radius 2 is 1.73 bits per heavy atom. The third-order valence-corrected chi connectivity index (χ3v) is 6.17. The van der Waals surface area contributed by atoms with Crippen LogP contribution >= 0.6 is 0 Å². The number of carbonyl (C=O) groups is 2. The number of benzene rings is 2. The largest absolute Gasteiger partial charge is 0.352 e. The normalized spacial score (nSPS) is 16.6. The smallest absolute Gasteiger partial charge is 0.321 e. The molecule has 30 heavy (non-hydrogen) atoms. The molecule has 0 radical (unpaired) electrons. The van der Waals surface area contributed by atoms with Crippen molar-refractivity contribution in [3.05, 3.63) is 65.0 Å². The molecule has 0 bridgehead atoms. The second-order valence-corrected chi connectivity index (χ2v) is 8.19. The average Bonchev–Trinajstić information content (AvgIpc) is 2.79. The van der Waals surface area contributed by atoms with Gasteiger partial charge in [-0.2, -0.15) is 0 Å². The summed E-state index contributed by atoms with van der Waals surface area (Å²) in [6, 6.07) is 12.2. The number of piperidine rings is 1. The van der Waals surface area contributed by atoms with Crippen molar-refractivity contribution in [1.29, 1.82) is 0 Å². The number of hydrogen-bond acceptors (Lipinski definition) is 2. The van der Waals surface area contributed by atoms with Gasteiger partial charge in [0.2, 0.25) is 5.91 Å². The van der Waals surface area contributed by atoms with Gasteiger partial charge in [0.1, 0.15) is 5.82 Å². The van der Waals surface area contributed by atoms with Crippen LogP contribution < -0.4 is 10.6 Å². The lowest BCUT2D eigenvalue weighted by Crippen LogP contribution is -2.44. The highest BCUT2D eigenvalue weighted by Gasteiger charge is 2.27. The number of likely N-dealkylation sites (tertiary alicyclic amines) is 1. The van der Waals surface area contributed by atoms with Gasteiger partial charge in [-0.1, -0.05) is 24.3 Å². The number of rotatable bonds is 4. The van der Waals surface area contributed by atoms with Gasteiger partial charge in [0.05, 0.1) is 0 Å². The molecule has 2 aliphatic rings. The fourth-order valence-corrected chi connectivity index (χ4v) is 4.37. The van der Waals surface area contributed by atoms with Crippen molar-refractivity contribution in [2.75, 3.05) is 18.4 Å². The summed E-state index contributed by atoms with van der Waals surface area (Å²) in [5.74, 6) is -0.387. The van der Waals surface area contributed by atoms with Crippen LogP contribution in [0.3, 0.4) is 0 Å². The first-order chi connectivity index (χ1) is 14.6. The number of carbonyl (C=O) groups excluding carboxylic acids is 2. The molecule has 6 heteroatoms. The van der Waals surface area contributed by atoms with E-state index in [0.29, 0.717) is 32.5 Å². The first-order valence-corrected chi connectivity index (χ1v) is 10.8. The van der Waals surface area contributed by atoms with E-state index >= 15 is 0 Å². The maximum atomic E-state index is 13.0. The second-order valence-electron chi connectivity index (χ2n) is 8.19. The lowest BCUT2D eigenvalue weighted by atomic mass is 9.90. The molecule has 2 aromatic rings. The van der Waals surface area contributed by atoms with E-state index in [9.17, 15) is 14.0 Å². The number of anilines is 1. The average molecular weight is 410 g/mol. The van der Waals surface area contributed by atoms with Gasteiger partial charge < -0.3 is 15.5 Å². The Morgan fingerprint density at radius 3 is 2.50 bits per heavy atom. The Kier molecular flexibility index (Phi) is 6.31. The van der Waals surface area contributed by atoms with Crippen LogP contribution in [-0.2, 0) is 24.2 Å². The number of amides is 3. The van der Waals surface area contributed by atoms with E-state index in [1.807, 2.05) is 12.1 Å². The summed E-state index contributed by atoms with van der Waals surface area (Å²) in [4.78, 5) is 27.0. The van der Waals surface area contributed by atoms with Crippen molar-refractivity contribution in [3.8, 4) is 0 Å². The lowest BCUT2D eigenvalue weighted by Gasteiger charge is -2.32. The van der Waals surface area contributed by atoms with Gasteiger partial charge in [-0.15, -0.1) is 0 Å². The van der Waals surface area contributed by atoms with Crippen LogP contribution in [0.1, 0.15) is 42.4 Å². The molecule has 1 aliphatic carbocycles. The molecule has 2 N–H and O–H groups in total. The van der Waals surface area contributed by atoms with Gasteiger partial charge in [0, 0.05) is 31.2 Å². The summed E-state index contributed by atoms with van der Waals surface area (Å²) >= 11 is 0. The Labute approximate surface area is 176 Å². The van der Waals surface area contributed by atoms with Crippen LogP contribution in [0, 0.1) is 11.7 Å². The Balaban J connectivity index is 1.26. The van der Waals surface area contributed by atoms with Crippen molar-refractivity contribution >= 4 is 17.6 Å². The minimum absolute atomic E-state index is 0.00323. The van der Waals surface area contributed by atoms with E-state index in [-0.39, 0.29) is 23.7 Å². The number of nitrogens with zero attached hydrogens (tertiary/aromatic N) is 1. The molecule has 158 valence electrons. The number of fused-ring (bicyclic) bond motifs is 1. The quantitative estimate of drug-likeness (QED) is 0.792. The summed E-state index contributed by atoms with van der Waals surface area (Å²) in [6.07, 6.45) is 5.77. The van der Waals surface area contributed by atoms with Crippen LogP contribution in [-0.4, -0.2) is 29.9 Å². The highest BCUT2D eigenvalue weighted by Crippen LogP contribution is 2.28. The molecule has 0 saturated carbocycles. The molecule has 0 unspecified atom stereocenters. The fourth-order valence-electron chi connectivity index (χ4n) is 4.37. The van der Waals surface area contributed by atoms with Crippen molar-refractivity contribution in [1.82, 2.24) is 10.2 Å². The zero-order valence-corrected chi connectivity index (χ0v) is 17.1. The van der Waals surface area contributed by atoms with E-state index in [0.717, 1.165) is 30.5 Å². The molecule has 0 spiro atoms. The van der Waals surface area contributed by atoms with Crippen LogP contribution in [0.2, 0.25) is 0 Å². The first kappa shape index (κ1) is 20.4. The van der Waals surface area contributed by atoms with Crippen LogP contribution in [0.15, 0.2) is 42.5 Å². The third-order valence-electron chi connectivity index (χ3n) is 6.17. The van der Waals surface area contributed by atoms with Crippen molar-refractivity contribution in [3.63, 3.8) is 0 Å². The molecule has 1 aliphatic heterocycles. The zero-order valence-electron chi connectivity index (χ0n) is 17.1. The maximum Gasteiger partial charge on any atom is 0.321 e. The standard InChI is InChI=1S/C24H28FN3O2/c25-20-10-8-17(9-11-20)16-26-23(29)19-12-14-28(15-13-19)24(30)27-22-7-3-5-18-4-1-2-6-21(18)22/h3,5,7-11,19H,1-2,4,6,12-16H2,(H,26,29)(H,27,30). The summed E-state index contributed by atoms with van der Waals surface area (Å²) < 4.78 is 13.0. The van der Waals surface area contributed by atoms with E-state index in [2.05, 4.69) is 16.7 Å². The van der Waals surface area contributed by atoms with Crippen LogP contribution in [0.4, 0.5) is 14.9 Å². The predicted octanol–water partition coefficient (Wildman–Crippen LogP) is 4.26. The van der Waals surface area contributed by atoms with E-state index in [4.69, 9.17) is 0 Å². The molecular formula is C24H28FN3O2. The Morgan fingerprint density at radius 1 is 1.00 bits per heavy atom. The zero-order chi connectivity index (χ0) is 20.9. The monoisotopic (exact) mass is 409 g/mol. The molecule has 0 atom stereocenters. The van der Waals surface area contributed by atoms with E-state index < -0.39 is 0 Å². The van der Waals surface area contributed by atoms with Gasteiger partial charge in [-0.25, -0.2) is 9.18 Å². The maximum absolute atomic E-state index is 13.0. The topological polar surface area (TPSA) is 61.4 Å². The molecule has 4 rings (SSSR count). The van der Waals surface area contributed by atoms with E-state index in [1.165, 1.54) is 29.7 Å². The van der Waals surface area contributed by atoms with Gasteiger partial charge in [0.25, 0.3) is 0 Å². The summed E-state index contributed by atoms with van der Waals surface area (Å²) in [7, 11) is 0. The molecule has 1 heterocycles. The minimum Gasteiger partial charge on any atom is -0.352 e. The lowest BCUT2D eigenvalue weighted by molar-refractivity contribution is -0.126. The third kappa shape index (κ3) is 4.81. The SMILES string of the molecule is O=C(NCc1ccc(F)cc1)C1CCN(C(=O)Nc2cccc3c2CCCC3)CC1. The van der Waals surface area contributed by atoms with Crippen molar-refractivity contribution in [2.45, 2.75) is 45.1 Å². The van der Waals surface area contributed by atoms with Gasteiger partial charge in [-0.05, 0) is 73.4 Å². The molecule has 2 aromatic carbocycles. The molecular weight excluding hydrogens is 381 g/mol. The highest BCUT2D eigenvalue weighted by molar-refractivity contribution is 5.90. The number of urea groups is 1. The van der Waals surface area contributed by atoms with Gasteiger partial charge >= 0.3 is 6.03 Å². The predicted molar refractivity (Wildman–Crippen MR) is 115 cm³/mol. The summed E-state index contributed by atoms with van der Waals surface area (Å²) in [6.45, 7) is 1.52. The second kappa shape index (κ2) is 9.28. The Bertz CT molecular complexity index is 905. The first-order valence-electron chi connectivity index (χ1n) is 10.8. The number of halogens is 1. The molecule has 1 fully saturated rings. The van der Waals surface area contributed by atoms with Gasteiger partial charge in [-0.3, -0.25) is 4.79 Å². The fraction of sp³-hybridized carbons (Fsp3) is 0.417. The highest BCUT2D eigenvalue weighted by atomic mass is 19.1. The molecule has 0 aromatic heterocycles. The van der Waals surface area contributed by atoms with Crippen LogP contribution in [0.5, 0.6) is 0 Å². The summed E-state index contributed by atoms with van der Waals surface area (Å²) in [5, 5.41) is 6.02. The summed E-state index contributed by atoms with van der Waals surface area (Å²) in [5.41, 5.74) is 4.41. The molecule has 3 amide bonds. The number of hydrogen-bond donors (Lipinski definition) is 2. The molecule has 5 nitrogen and oxygen atoms in total. The van der Waals surface area contributed by atoms with Crippen molar-refractivity contribution < 1.29 is 14.0 Å². The minimum atomic E-state index is -0.285. The molecule has 1 saturated heterocycles. The number of aryl methyl sites for hydroxylation is 1. The van der Waals surface area contributed by atoms with Crippen molar-refractivity contribution in [2.24, 2.45) is 5.92 Å². The number of nitrogens with one attached hydrogen (secondary N) is 2. The van der Waals surface area contributed by atoms with Crippen LogP contribution in [0.25, 0.3) is 0 Å².